The van der Waals surface area contributed by atoms with Crippen molar-refractivity contribution in [2.45, 2.75) is 26.1 Å². The first-order valence-corrected chi connectivity index (χ1v) is 3.06. The van der Waals surface area contributed by atoms with Crippen molar-refractivity contribution >= 4 is 7.85 Å². The summed E-state index contributed by atoms with van der Waals surface area (Å²) in [7, 11) is 2.16. The van der Waals surface area contributed by atoms with Crippen LogP contribution in [-0.2, 0) is 0 Å². The van der Waals surface area contributed by atoms with Gasteiger partial charge in [-0.2, -0.15) is 0 Å². The van der Waals surface area contributed by atoms with E-state index >= 15 is 0 Å². The SMILES string of the molecule is BC/C=C\CCC. The van der Waals surface area contributed by atoms with E-state index in [-0.39, 0.29) is 0 Å². The van der Waals surface area contributed by atoms with E-state index in [0.717, 1.165) is 0 Å². The van der Waals surface area contributed by atoms with Crippen LogP contribution in [0.15, 0.2) is 12.2 Å². The van der Waals surface area contributed by atoms with Gasteiger partial charge in [-0.3, -0.25) is 0 Å². The number of allylic oxidation sites excluding steroid dienone is 2. The maximum absolute atomic E-state index is 2.24. The van der Waals surface area contributed by atoms with Crippen LogP contribution in [0.3, 0.4) is 0 Å². The minimum atomic E-state index is 1.18. The lowest BCUT2D eigenvalue weighted by Gasteiger charge is -1.79. The molecule has 0 saturated heterocycles. The zero-order valence-corrected chi connectivity index (χ0v) is 5.28. The van der Waals surface area contributed by atoms with Crippen molar-refractivity contribution in [3.63, 3.8) is 0 Å². The zero-order valence-electron chi connectivity index (χ0n) is 5.28. The Hall–Kier alpha value is -0.195. The van der Waals surface area contributed by atoms with Gasteiger partial charge in [0.2, 0.25) is 0 Å². The van der Waals surface area contributed by atoms with Gasteiger partial charge in [-0.05, 0) is 6.42 Å². The molecule has 0 bridgehead atoms. The molecule has 0 nitrogen and oxygen atoms in total. The first kappa shape index (κ1) is 6.80. The van der Waals surface area contributed by atoms with Crippen LogP contribution in [-0.4, -0.2) is 7.85 Å². The van der Waals surface area contributed by atoms with E-state index < -0.39 is 0 Å². The second kappa shape index (κ2) is 5.80. The second-order valence-corrected chi connectivity index (χ2v) is 1.67. The van der Waals surface area contributed by atoms with Crippen molar-refractivity contribution in [2.75, 3.05) is 0 Å². The number of rotatable bonds is 3. The summed E-state index contributed by atoms with van der Waals surface area (Å²) in [5, 5.41) is 0. The third-order valence-electron chi connectivity index (χ3n) is 0.858. The fourth-order valence-electron chi connectivity index (χ4n) is 0.451. The van der Waals surface area contributed by atoms with E-state index in [1.165, 1.54) is 19.2 Å². The van der Waals surface area contributed by atoms with E-state index in [4.69, 9.17) is 0 Å². The lowest BCUT2D eigenvalue weighted by Crippen LogP contribution is -1.61. The molecule has 0 N–H and O–H groups in total. The summed E-state index contributed by atoms with van der Waals surface area (Å²) in [6, 6.07) is 0. The van der Waals surface area contributed by atoms with Crippen molar-refractivity contribution in [2.24, 2.45) is 0 Å². The first-order chi connectivity index (χ1) is 3.41. The van der Waals surface area contributed by atoms with Crippen molar-refractivity contribution in [1.29, 1.82) is 0 Å². The monoisotopic (exact) mass is 96.1 g/mol. The topological polar surface area (TPSA) is 0 Å². The third-order valence-corrected chi connectivity index (χ3v) is 0.858. The van der Waals surface area contributed by atoms with Gasteiger partial charge in [0.25, 0.3) is 0 Å². The molecule has 0 spiro atoms. The predicted octanol–water partition coefficient (Wildman–Crippen LogP) is 1.39. The molecule has 0 aliphatic heterocycles. The summed E-state index contributed by atoms with van der Waals surface area (Å²) >= 11 is 0. The molecule has 7 heavy (non-hydrogen) atoms. The Labute approximate surface area is 47.0 Å². The molecule has 0 aromatic carbocycles. The molecule has 0 aliphatic rings. The van der Waals surface area contributed by atoms with Gasteiger partial charge in [0.1, 0.15) is 7.85 Å². The molecule has 0 aromatic rings. The molecule has 0 radical (unpaired) electrons. The van der Waals surface area contributed by atoms with E-state index in [0.29, 0.717) is 0 Å². The Morgan fingerprint density at radius 3 is 2.57 bits per heavy atom. The van der Waals surface area contributed by atoms with Gasteiger partial charge in [0.05, 0.1) is 0 Å². The highest BCUT2D eigenvalue weighted by atomic mass is 13.7. The zero-order chi connectivity index (χ0) is 5.54. The van der Waals surface area contributed by atoms with E-state index in [2.05, 4.69) is 26.9 Å². The summed E-state index contributed by atoms with van der Waals surface area (Å²) < 4.78 is 0. The minimum absolute atomic E-state index is 1.18. The van der Waals surface area contributed by atoms with Crippen LogP contribution in [0.25, 0.3) is 0 Å². The highest BCUT2D eigenvalue weighted by Gasteiger charge is 1.68. The lowest BCUT2D eigenvalue weighted by atomic mass is 10.0. The van der Waals surface area contributed by atoms with E-state index in [9.17, 15) is 0 Å². The standard InChI is InChI=1S/C6H13B/c1-2-3-4-5-6-7/h4-5H,2-3,6-7H2,1H3/b5-4-. The van der Waals surface area contributed by atoms with Crippen LogP contribution in [0, 0.1) is 0 Å². The maximum atomic E-state index is 2.24. The molecule has 40 valence electrons. The molecule has 0 atom stereocenters. The van der Waals surface area contributed by atoms with Gasteiger partial charge < -0.3 is 0 Å². The summed E-state index contributed by atoms with van der Waals surface area (Å²) in [4.78, 5) is 0. The number of hydrogen-bond donors (Lipinski definition) is 0. The second-order valence-electron chi connectivity index (χ2n) is 1.67. The average molecular weight is 96.0 g/mol. The lowest BCUT2D eigenvalue weighted by molar-refractivity contribution is 0.957. The molecular weight excluding hydrogens is 82.9 g/mol. The Balaban J connectivity index is 2.78. The Bertz CT molecular complexity index is 48.1. The average Bonchev–Trinajstić information content (AvgIpc) is 1.69. The van der Waals surface area contributed by atoms with Crippen LogP contribution in [0.4, 0.5) is 0 Å². The van der Waals surface area contributed by atoms with Gasteiger partial charge in [0.15, 0.2) is 0 Å². The van der Waals surface area contributed by atoms with Crippen molar-refractivity contribution in [3.8, 4) is 0 Å². The highest BCUT2D eigenvalue weighted by molar-refractivity contribution is 6.09. The Morgan fingerprint density at radius 1 is 1.43 bits per heavy atom. The molecule has 1 heteroatoms. The van der Waals surface area contributed by atoms with Crippen LogP contribution in [0.5, 0.6) is 0 Å². The van der Waals surface area contributed by atoms with Gasteiger partial charge >= 0.3 is 0 Å². The third kappa shape index (κ3) is 5.80. The number of hydrogen-bond acceptors (Lipinski definition) is 0. The van der Waals surface area contributed by atoms with Gasteiger partial charge in [-0.1, -0.05) is 31.8 Å². The molecule has 0 aromatic heterocycles. The van der Waals surface area contributed by atoms with Crippen LogP contribution < -0.4 is 0 Å². The Morgan fingerprint density at radius 2 is 2.14 bits per heavy atom. The summed E-state index contributed by atoms with van der Waals surface area (Å²) in [5.74, 6) is 0. The van der Waals surface area contributed by atoms with Crippen LogP contribution in [0.2, 0.25) is 6.32 Å². The molecule has 0 rings (SSSR count). The highest BCUT2D eigenvalue weighted by Crippen LogP contribution is 1.88. The largest absolute Gasteiger partial charge is 0.106 e. The van der Waals surface area contributed by atoms with Gasteiger partial charge in [-0.15, -0.1) is 0 Å². The minimum Gasteiger partial charge on any atom is -0.0964 e. The normalized spacial score (nSPS) is 10.4. The van der Waals surface area contributed by atoms with Crippen molar-refractivity contribution in [1.82, 2.24) is 0 Å². The molecular formula is C6H13B. The van der Waals surface area contributed by atoms with Gasteiger partial charge in [0, 0.05) is 0 Å². The Kier molecular flexibility index (Phi) is 5.64. The summed E-state index contributed by atoms with van der Waals surface area (Å²) in [5.41, 5.74) is 0. The van der Waals surface area contributed by atoms with Crippen molar-refractivity contribution < 1.29 is 0 Å². The van der Waals surface area contributed by atoms with Crippen LogP contribution >= 0.6 is 0 Å². The molecule has 0 aliphatic carbocycles. The first-order valence-electron chi connectivity index (χ1n) is 3.06. The molecule has 0 saturated carbocycles. The van der Waals surface area contributed by atoms with E-state index in [1.807, 2.05) is 0 Å². The molecule has 0 amide bonds. The molecule has 0 unspecified atom stereocenters. The van der Waals surface area contributed by atoms with Gasteiger partial charge in [-0.25, -0.2) is 0 Å². The number of unbranched alkanes of at least 4 members (excludes halogenated alkanes) is 1. The fourth-order valence-corrected chi connectivity index (χ4v) is 0.451. The summed E-state index contributed by atoms with van der Waals surface area (Å²) in [6.07, 6.45) is 8.15. The summed E-state index contributed by atoms with van der Waals surface area (Å²) in [6.45, 7) is 2.19. The molecule has 0 heterocycles. The smallest absolute Gasteiger partial charge is 0.0964 e. The fraction of sp³-hybridized carbons (Fsp3) is 0.667. The molecule has 0 fully saturated rings. The van der Waals surface area contributed by atoms with Crippen molar-refractivity contribution in [3.05, 3.63) is 12.2 Å². The maximum Gasteiger partial charge on any atom is 0.106 e. The predicted molar refractivity (Wildman–Crippen MR) is 37.4 cm³/mol. The van der Waals surface area contributed by atoms with Crippen LogP contribution in [0.1, 0.15) is 19.8 Å². The van der Waals surface area contributed by atoms with E-state index in [1.54, 1.807) is 0 Å². The quantitative estimate of drug-likeness (QED) is 0.368.